The van der Waals surface area contributed by atoms with Gasteiger partial charge in [0.1, 0.15) is 18.1 Å². The average Bonchev–Trinajstić information content (AvgIpc) is 3.12. The molecule has 27 heavy (non-hydrogen) atoms. The molecule has 0 radical (unpaired) electrons. The first-order valence-electron chi connectivity index (χ1n) is 8.13. The molecule has 3 aromatic rings. The van der Waals surface area contributed by atoms with E-state index in [0.717, 1.165) is 12.1 Å². The fraction of sp³-hybridized carbons (Fsp3) is 0.150. The number of carboxylic acids is 1. The van der Waals surface area contributed by atoms with E-state index in [-0.39, 0.29) is 25.0 Å². The van der Waals surface area contributed by atoms with Crippen molar-refractivity contribution >= 4 is 17.3 Å². The van der Waals surface area contributed by atoms with Crippen molar-refractivity contribution in [1.82, 2.24) is 0 Å². The summed E-state index contributed by atoms with van der Waals surface area (Å²) in [6, 6.07) is 11.1. The largest absolute Gasteiger partial charge is 0.483 e. The van der Waals surface area contributed by atoms with Gasteiger partial charge in [0.25, 0.3) is 0 Å². The topological polar surface area (TPSA) is 55.8 Å². The zero-order valence-corrected chi connectivity index (χ0v) is 15.0. The number of carboxylic acid groups (broad SMARTS) is 1. The normalized spacial score (nSPS) is 10.6. The molecule has 7 heteroatoms. The molecule has 0 amide bonds. The van der Waals surface area contributed by atoms with Crippen LogP contribution in [0, 0.1) is 11.6 Å². The van der Waals surface area contributed by atoms with Crippen molar-refractivity contribution in [1.29, 1.82) is 0 Å². The SMILES string of the molecule is O=C(O)CCc1cc(F)c(OCc2cccc(Oc3ccsc3)c2)c(F)c1. The second kappa shape index (κ2) is 8.64. The number of ether oxygens (including phenoxy) is 2. The van der Waals surface area contributed by atoms with Gasteiger partial charge in [0.05, 0.1) is 0 Å². The predicted octanol–water partition coefficient (Wildman–Crippen LogP) is 5.41. The average molecular weight is 390 g/mol. The van der Waals surface area contributed by atoms with E-state index in [1.807, 2.05) is 16.8 Å². The molecule has 3 rings (SSSR count). The molecule has 0 spiro atoms. The van der Waals surface area contributed by atoms with E-state index in [2.05, 4.69) is 0 Å². The van der Waals surface area contributed by atoms with Crippen LogP contribution in [-0.4, -0.2) is 11.1 Å². The van der Waals surface area contributed by atoms with Crippen LogP contribution in [0.4, 0.5) is 8.78 Å². The number of hydrogen-bond acceptors (Lipinski definition) is 4. The van der Waals surface area contributed by atoms with Crippen molar-refractivity contribution in [2.24, 2.45) is 0 Å². The lowest BCUT2D eigenvalue weighted by Gasteiger charge is -2.11. The van der Waals surface area contributed by atoms with E-state index in [1.165, 1.54) is 11.3 Å². The van der Waals surface area contributed by atoms with Gasteiger partial charge in [-0.15, -0.1) is 11.3 Å². The minimum absolute atomic E-state index is 0.0385. The van der Waals surface area contributed by atoms with Gasteiger partial charge in [-0.3, -0.25) is 4.79 Å². The molecular weight excluding hydrogens is 374 g/mol. The molecule has 1 N–H and O–H groups in total. The molecule has 0 fully saturated rings. The molecule has 0 aliphatic heterocycles. The van der Waals surface area contributed by atoms with Gasteiger partial charge in [0.15, 0.2) is 17.4 Å². The molecule has 0 unspecified atom stereocenters. The number of aliphatic carboxylic acids is 1. The fourth-order valence-corrected chi connectivity index (χ4v) is 3.00. The van der Waals surface area contributed by atoms with Crippen LogP contribution in [0.15, 0.2) is 53.2 Å². The van der Waals surface area contributed by atoms with Gasteiger partial charge in [-0.1, -0.05) is 12.1 Å². The maximum Gasteiger partial charge on any atom is 0.303 e. The lowest BCUT2D eigenvalue weighted by atomic mass is 10.1. The first-order valence-corrected chi connectivity index (χ1v) is 9.07. The Morgan fingerprint density at radius 3 is 2.48 bits per heavy atom. The van der Waals surface area contributed by atoms with E-state index in [9.17, 15) is 13.6 Å². The Kier molecular flexibility index (Phi) is 6.03. The Morgan fingerprint density at radius 1 is 1.04 bits per heavy atom. The summed E-state index contributed by atoms with van der Waals surface area (Å²) in [5.74, 6) is -1.92. The summed E-state index contributed by atoms with van der Waals surface area (Å²) in [5, 5.41) is 12.4. The van der Waals surface area contributed by atoms with Crippen molar-refractivity contribution in [2.45, 2.75) is 19.4 Å². The number of benzene rings is 2. The van der Waals surface area contributed by atoms with Gasteiger partial charge in [-0.05, 0) is 53.3 Å². The maximum atomic E-state index is 14.1. The predicted molar refractivity (Wildman–Crippen MR) is 97.5 cm³/mol. The molecule has 140 valence electrons. The van der Waals surface area contributed by atoms with E-state index >= 15 is 0 Å². The van der Waals surface area contributed by atoms with E-state index in [1.54, 1.807) is 24.3 Å². The minimum atomic E-state index is -1.03. The van der Waals surface area contributed by atoms with Crippen molar-refractivity contribution in [3.8, 4) is 17.2 Å². The molecule has 0 bridgehead atoms. The molecule has 2 aromatic carbocycles. The summed E-state index contributed by atoms with van der Waals surface area (Å²) in [5.41, 5.74) is 0.961. The summed E-state index contributed by atoms with van der Waals surface area (Å²) in [6.07, 6.45) is -0.151. The Morgan fingerprint density at radius 2 is 1.81 bits per heavy atom. The third-order valence-electron chi connectivity index (χ3n) is 3.70. The van der Waals surface area contributed by atoms with Gasteiger partial charge < -0.3 is 14.6 Å². The van der Waals surface area contributed by atoms with Crippen LogP contribution in [0.5, 0.6) is 17.2 Å². The van der Waals surface area contributed by atoms with Crippen LogP contribution in [-0.2, 0) is 17.8 Å². The summed E-state index contributed by atoms with van der Waals surface area (Å²) in [4.78, 5) is 10.6. The Balaban J connectivity index is 1.66. The molecule has 1 heterocycles. The number of hydrogen-bond donors (Lipinski definition) is 1. The zero-order valence-electron chi connectivity index (χ0n) is 14.2. The highest BCUT2D eigenvalue weighted by molar-refractivity contribution is 7.08. The second-order valence-electron chi connectivity index (χ2n) is 5.78. The first kappa shape index (κ1) is 18.8. The molecular formula is C20H16F2O4S. The van der Waals surface area contributed by atoms with Gasteiger partial charge in [0, 0.05) is 11.8 Å². The van der Waals surface area contributed by atoms with Gasteiger partial charge in [-0.25, -0.2) is 8.78 Å². The first-order chi connectivity index (χ1) is 13.0. The van der Waals surface area contributed by atoms with Crippen LogP contribution in [0.2, 0.25) is 0 Å². The maximum absolute atomic E-state index is 14.1. The Hall–Kier alpha value is -2.93. The number of carbonyl (C=O) groups is 1. The van der Waals surface area contributed by atoms with Crippen molar-refractivity contribution < 1.29 is 28.2 Å². The molecule has 0 aliphatic rings. The van der Waals surface area contributed by atoms with Gasteiger partial charge in [0.2, 0.25) is 0 Å². The van der Waals surface area contributed by atoms with Crippen LogP contribution in [0.25, 0.3) is 0 Å². The quantitative estimate of drug-likeness (QED) is 0.558. The molecule has 0 atom stereocenters. The highest BCUT2D eigenvalue weighted by Gasteiger charge is 2.14. The Bertz CT molecular complexity index is 902. The Labute approximate surface area is 158 Å². The molecule has 0 saturated heterocycles. The van der Waals surface area contributed by atoms with Crippen molar-refractivity contribution in [3.05, 3.63) is 76.0 Å². The number of halogens is 2. The van der Waals surface area contributed by atoms with E-state index in [4.69, 9.17) is 14.6 Å². The summed E-state index contributed by atoms with van der Waals surface area (Å²) in [7, 11) is 0. The van der Waals surface area contributed by atoms with Crippen LogP contribution in [0.3, 0.4) is 0 Å². The highest BCUT2D eigenvalue weighted by Crippen LogP contribution is 2.27. The summed E-state index contributed by atoms with van der Waals surface area (Å²) >= 11 is 1.51. The van der Waals surface area contributed by atoms with Crippen LogP contribution < -0.4 is 9.47 Å². The van der Waals surface area contributed by atoms with Crippen LogP contribution >= 0.6 is 11.3 Å². The van der Waals surface area contributed by atoms with Gasteiger partial charge in [-0.2, -0.15) is 0 Å². The van der Waals surface area contributed by atoms with Crippen LogP contribution in [0.1, 0.15) is 17.5 Å². The third kappa shape index (κ3) is 5.27. The number of thiophene rings is 1. The number of rotatable bonds is 8. The fourth-order valence-electron chi connectivity index (χ4n) is 2.45. The summed E-state index contributed by atoms with van der Waals surface area (Å²) < 4.78 is 39.3. The van der Waals surface area contributed by atoms with Crippen molar-refractivity contribution in [2.75, 3.05) is 0 Å². The molecule has 0 saturated carbocycles. The third-order valence-corrected chi connectivity index (χ3v) is 4.36. The monoisotopic (exact) mass is 390 g/mol. The molecule has 1 aromatic heterocycles. The smallest absolute Gasteiger partial charge is 0.303 e. The molecule has 0 aliphatic carbocycles. The van der Waals surface area contributed by atoms with Crippen molar-refractivity contribution in [3.63, 3.8) is 0 Å². The second-order valence-corrected chi connectivity index (χ2v) is 6.56. The number of aryl methyl sites for hydroxylation is 1. The van der Waals surface area contributed by atoms with Gasteiger partial charge >= 0.3 is 5.97 Å². The lowest BCUT2D eigenvalue weighted by molar-refractivity contribution is -0.136. The zero-order chi connectivity index (χ0) is 19.2. The molecule has 4 nitrogen and oxygen atoms in total. The standard InChI is InChI=1S/C20H16F2O4S/c21-17-9-13(4-5-19(23)24)10-18(22)20(17)25-11-14-2-1-3-15(8-14)26-16-6-7-27-12-16/h1-3,6-10,12H,4-5,11H2,(H,23,24). The van der Waals surface area contributed by atoms with E-state index < -0.39 is 23.4 Å². The van der Waals surface area contributed by atoms with E-state index in [0.29, 0.717) is 17.1 Å². The lowest BCUT2D eigenvalue weighted by Crippen LogP contribution is -2.03. The summed E-state index contributed by atoms with van der Waals surface area (Å²) in [6.45, 7) is -0.0385. The highest BCUT2D eigenvalue weighted by atomic mass is 32.1. The minimum Gasteiger partial charge on any atom is -0.483 e.